The number of carbonyl (C=O) groups is 2. The van der Waals surface area contributed by atoms with Crippen molar-refractivity contribution in [3.8, 4) is 0 Å². The first-order chi connectivity index (χ1) is 6.29. The van der Waals surface area contributed by atoms with Crippen molar-refractivity contribution in [2.75, 3.05) is 10.6 Å². The van der Waals surface area contributed by atoms with E-state index in [-0.39, 0.29) is 5.91 Å². The lowest BCUT2D eigenvalue weighted by atomic mass is 10.1. The Morgan fingerprint density at radius 3 is 3.08 bits per heavy atom. The van der Waals surface area contributed by atoms with Gasteiger partial charge in [0.05, 0.1) is 6.42 Å². The second-order valence-corrected chi connectivity index (χ2v) is 2.86. The molecule has 0 radical (unpaired) electrons. The van der Waals surface area contributed by atoms with E-state index in [1.54, 1.807) is 18.2 Å². The fourth-order valence-electron chi connectivity index (χ4n) is 1.39. The van der Waals surface area contributed by atoms with Crippen molar-refractivity contribution in [1.29, 1.82) is 0 Å². The number of nitrogens with one attached hydrogen (secondary N) is 2. The predicted molar refractivity (Wildman–Crippen MR) is 48.5 cm³/mol. The predicted octanol–water partition coefficient (Wildman–Crippen LogP) is 0.750. The second kappa shape index (κ2) is 2.90. The molecule has 0 aliphatic carbocycles. The van der Waals surface area contributed by atoms with Crippen LogP contribution in [0.15, 0.2) is 18.2 Å². The molecule has 1 aromatic rings. The SMILES string of the molecule is O=CNc1ccc2c(c1)CC(=O)N2. The van der Waals surface area contributed by atoms with Gasteiger partial charge in [-0.25, -0.2) is 0 Å². The van der Waals surface area contributed by atoms with Gasteiger partial charge in [0.1, 0.15) is 0 Å². The molecule has 1 aliphatic heterocycles. The summed E-state index contributed by atoms with van der Waals surface area (Å²) in [7, 11) is 0. The van der Waals surface area contributed by atoms with Crippen molar-refractivity contribution in [2.24, 2.45) is 0 Å². The highest BCUT2D eigenvalue weighted by Gasteiger charge is 2.16. The molecule has 0 spiro atoms. The Labute approximate surface area is 74.9 Å². The Morgan fingerprint density at radius 2 is 2.31 bits per heavy atom. The quantitative estimate of drug-likeness (QED) is 0.653. The van der Waals surface area contributed by atoms with E-state index in [1.807, 2.05) is 0 Å². The maximum atomic E-state index is 11.0. The van der Waals surface area contributed by atoms with Gasteiger partial charge in [-0.2, -0.15) is 0 Å². The monoisotopic (exact) mass is 176 g/mol. The van der Waals surface area contributed by atoms with Crippen LogP contribution in [0, 0.1) is 0 Å². The van der Waals surface area contributed by atoms with E-state index in [2.05, 4.69) is 10.6 Å². The molecule has 2 amide bonds. The van der Waals surface area contributed by atoms with Gasteiger partial charge in [-0.1, -0.05) is 0 Å². The first-order valence-electron chi connectivity index (χ1n) is 3.92. The highest BCUT2D eigenvalue weighted by molar-refractivity contribution is 5.99. The third kappa shape index (κ3) is 1.38. The van der Waals surface area contributed by atoms with E-state index >= 15 is 0 Å². The molecule has 1 aromatic carbocycles. The van der Waals surface area contributed by atoms with Crippen molar-refractivity contribution in [2.45, 2.75) is 6.42 Å². The van der Waals surface area contributed by atoms with Crippen LogP contribution in [0.5, 0.6) is 0 Å². The molecular formula is C9H8N2O2. The zero-order valence-corrected chi connectivity index (χ0v) is 6.83. The summed E-state index contributed by atoms with van der Waals surface area (Å²) in [5.41, 5.74) is 2.48. The smallest absolute Gasteiger partial charge is 0.228 e. The van der Waals surface area contributed by atoms with Crippen LogP contribution in [0.4, 0.5) is 11.4 Å². The zero-order valence-electron chi connectivity index (χ0n) is 6.83. The molecule has 0 bridgehead atoms. The van der Waals surface area contributed by atoms with Crippen molar-refractivity contribution in [3.05, 3.63) is 23.8 Å². The van der Waals surface area contributed by atoms with Gasteiger partial charge in [-0.15, -0.1) is 0 Å². The number of amides is 2. The van der Waals surface area contributed by atoms with Gasteiger partial charge in [0.25, 0.3) is 0 Å². The summed E-state index contributed by atoms with van der Waals surface area (Å²) in [6, 6.07) is 5.33. The largest absolute Gasteiger partial charge is 0.329 e. The van der Waals surface area contributed by atoms with E-state index in [0.717, 1.165) is 11.3 Å². The molecule has 2 rings (SSSR count). The molecular weight excluding hydrogens is 168 g/mol. The van der Waals surface area contributed by atoms with Gasteiger partial charge in [-0.05, 0) is 23.8 Å². The number of fused-ring (bicyclic) bond motifs is 1. The van der Waals surface area contributed by atoms with Crippen LogP contribution in [0.25, 0.3) is 0 Å². The molecule has 0 saturated heterocycles. The number of benzene rings is 1. The third-order valence-corrected chi connectivity index (χ3v) is 1.96. The maximum Gasteiger partial charge on any atom is 0.228 e. The summed E-state index contributed by atoms with van der Waals surface area (Å²) < 4.78 is 0. The molecule has 13 heavy (non-hydrogen) atoms. The van der Waals surface area contributed by atoms with E-state index in [0.29, 0.717) is 18.5 Å². The lowest BCUT2D eigenvalue weighted by Gasteiger charge is -2.01. The Kier molecular flexibility index (Phi) is 1.73. The third-order valence-electron chi connectivity index (χ3n) is 1.96. The van der Waals surface area contributed by atoms with Gasteiger partial charge in [-0.3, -0.25) is 9.59 Å². The van der Waals surface area contributed by atoms with Crippen molar-refractivity contribution < 1.29 is 9.59 Å². The number of hydrogen-bond donors (Lipinski definition) is 2. The lowest BCUT2D eigenvalue weighted by Crippen LogP contribution is -2.03. The van der Waals surface area contributed by atoms with E-state index in [9.17, 15) is 9.59 Å². The normalized spacial score (nSPS) is 13.4. The van der Waals surface area contributed by atoms with Crippen LogP contribution in [-0.4, -0.2) is 12.3 Å². The molecule has 0 atom stereocenters. The molecule has 1 aliphatic rings. The number of carbonyl (C=O) groups excluding carboxylic acids is 2. The van der Waals surface area contributed by atoms with Crippen molar-refractivity contribution in [3.63, 3.8) is 0 Å². The summed E-state index contributed by atoms with van der Waals surface area (Å²) in [5, 5.41) is 5.24. The summed E-state index contributed by atoms with van der Waals surface area (Å²) in [5.74, 6) is -0.00162. The van der Waals surface area contributed by atoms with E-state index < -0.39 is 0 Å². The summed E-state index contributed by atoms with van der Waals surface area (Å²) in [4.78, 5) is 21.1. The van der Waals surface area contributed by atoms with E-state index in [4.69, 9.17) is 0 Å². The summed E-state index contributed by atoms with van der Waals surface area (Å²) in [6.45, 7) is 0. The Bertz CT molecular complexity index is 374. The maximum absolute atomic E-state index is 11.0. The number of hydrogen-bond acceptors (Lipinski definition) is 2. The lowest BCUT2D eigenvalue weighted by molar-refractivity contribution is -0.115. The average Bonchev–Trinajstić information content (AvgIpc) is 2.44. The molecule has 0 unspecified atom stereocenters. The topological polar surface area (TPSA) is 58.2 Å². The fourth-order valence-corrected chi connectivity index (χ4v) is 1.39. The number of rotatable bonds is 2. The van der Waals surface area contributed by atoms with Gasteiger partial charge >= 0.3 is 0 Å². The van der Waals surface area contributed by atoms with Crippen LogP contribution in [0.2, 0.25) is 0 Å². The fraction of sp³-hybridized carbons (Fsp3) is 0.111. The Hall–Kier alpha value is -1.84. The minimum atomic E-state index is -0.00162. The Morgan fingerprint density at radius 1 is 1.46 bits per heavy atom. The highest BCUT2D eigenvalue weighted by atomic mass is 16.1. The molecule has 2 N–H and O–H groups in total. The van der Waals surface area contributed by atoms with Crippen LogP contribution in [-0.2, 0) is 16.0 Å². The molecule has 0 fully saturated rings. The van der Waals surface area contributed by atoms with Crippen LogP contribution in [0.1, 0.15) is 5.56 Å². The highest BCUT2D eigenvalue weighted by Crippen LogP contribution is 2.25. The van der Waals surface area contributed by atoms with Crippen molar-refractivity contribution >= 4 is 23.7 Å². The van der Waals surface area contributed by atoms with Gasteiger partial charge in [0.2, 0.25) is 12.3 Å². The standard InChI is InChI=1S/C9H8N2O2/c12-5-10-7-1-2-8-6(3-7)4-9(13)11-8/h1-3,5H,4H2,(H,10,12)(H,11,13). The van der Waals surface area contributed by atoms with Gasteiger partial charge in [0.15, 0.2) is 0 Å². The zero-order chi connectivity index (χ0) is 9.26. The second-order valence-electron chi connectivity index (χ2n) is 2.86. The molecule has 0 saturated carbocycles. The van der Waals surface area contributed by atoms with Crippen molar-refractivity contribution in [1.82, 2.24) is 0 Å². The minimum absolute atomic E-state index is 0.00162. The van der Waals surface area contributed by atoms with E-state index in [1.165, 1.54) is 0 Å². The molecule has 4 nitrogen and oxygen atoms in total. The average molecular weight is 176 g/mol. The molecule has 1 heterocycles. The molecule has 0 aromatic heterocycles. The summed E-state index contributed by atoms with van der Waals surface area (Å²) >= 11 is 0. The first-order valence-corrected chi connectivity index (χ1v) is 3.92. The van der Waals surface area contributed by atoms with Crippen LogP contribution in [0.3, 0.4) is 0 Å². The minimum Gasteiger partial charge on any atom is -0.329 e. The van der Waals surface area contributed by atoms with Crippen LogP contribution >= 0.6 is 0 Å². The summed E-state index contributed by atoms with van der Waals surface area (Å²) in [6.07, 6.45) is 1.01. The first kappa shape index (κ1) is 7.79. The van der Waals surface area contributed by atoms with Crippen LogP contribution < -0.4 is 10.6 Å². The van der Waals surface area contributed by atoms with Gasteiger partial charge < -0.3 is 10.6 Å². The van der Waals surface area contributed by atoms with Gasteiger partial charge in [0, 0.05) is 11.4 Å². The molecule has 66 valence electrons. The Balaban J connectivity index is 2.34. The number of anilines is 2. The molecule has 4 heteroatoms.